The van der Waals surface area contributed by atoms with Gasteiger partial charge in [0.15, 0.2) is 0 Å². The van der Waals surface area contributed by atoms with Crippen LogP contribution < -0.4 is 0 Å². The van der Waals surface area contributed by atoms with Crippen molar-refractivity contribution in [2.24, 2.45) is 11.3 Å². The lowest BCUT2D eigenvalue weighted by Gasteiger charge is -2.48. The molecule has 3 fully saturated rings. The normalized spacial score (nSPS) is 23.2. The molecule has 28 heavy (non-hydrogen) atoms. The molecule has 6 heteroatoms. The second-order valence-corrected chi connectivity index (χ2v) is 8.71. The third-order valence-corrected chi connectivity index (χ3v) is 6.80. The zero-order valence-electron chi connectivity index (χ0n) is 16.6. The summed E-state index contributed by atoms with van der Waals surface area (Å²) in [5, 5.41) is 0. The Morgan fingerprint density at radius 3 is 2.68 bits per heavy atom. The number of piperidine rings is 2. The Hall–Kier alpha value is -1.95. The number of pyridine rings is 1. The Balaban J connectivity index is 1.31. The molecule has 152 valence electrons. The number of aromatic nitrogens is 1. The summed E-state index contributed by atoms with van der Waals surface area (Å²) in [6.45, 7) is 4.99. The summed E-state index contributed by atoms with van der Waals surface area (Å²) < 4.78 is 5.46. The van der Waals surface area contributed by atoms with Gasteiger partial charge in [0.25, 0.3) is 0 Å². The van der Waals surface area contributed by atoms with E-state index >= 15 is 0 Å². The fourth-order valence-corrected chi connectivity index (χ4v) is 4.92. The molecule has 3 saturated heterocycles. The summed E-state index contributed by atoms with van der Waals surface area (Å²) in [5.74, 6) is 1.05. The summed E-state index contributed by atoms with van der Waals surface area (Å²) in [7, 11) is 0. The Bertz CT molecular complexity index is 680. The van der Waals surface area contributed by atoms with E-state index in [9.17, 15) is 9.59 Å². The van der Waals surface area contributed by atoms with Gasteiger partial charge in [0, 0.05) is 57.7 Å². The maximum Gasteiger partial charge on any atom is 0.228 e. The molecule has 1 aromatic rings. The highest BCUT2D eigenvalue weighted by Gasteiger charge is 2.42. The minimum absolute atomic E-state index is 0.166. The highest BCUT2D eigenvalue weighted by atomic mass is 16.5. The number of rotatable bonds is 4. The molecular weight excluding hydrogens is 354 g/mol. The van der Waals surface area contributed by atoms with Crippen molar-refractivity contribution in [3.8, 4) is 0 Å². The maximum atomic E-state index is 12.6. The van der Waals surface area contributed by atoms with Crippen LogP contribution in [0.25, 0.3) is 0 Å². The van der Waals surface area contributed by atoms with Gasteiger partial charge in [-0.15, -0.1) is 0 Å². The topological polar surface area (TPSA) is 62.7 Å². The summed E-state index contributed by atoms with van der Waals surface area (Å²) in [6.07, 6.45) is 7.86. The molecule has 1 spiro atoms. The number of hydrogen-bond donors (Lipinski definition) is 0. The van der Waals surface area contributed by atoms with Crippen LogP contribution in [0, 0.1) is 11.3 Å². The third-order valence-electron chi connectivity index (χ3n) is 6.80. The molecule has 4 heterocycles. The molecule has 0 atom stereocenters. The van der Waals surface area contributed by atoms with Crippen LogP contribution in [0.15, 0.2) is 24.4 Å². The molecular formula is C22H31N3O3. The van der Waals surface area contributed by atoms with E-state index < -0.39 is 0 Å². The predicted molar refractivity (Wildman–Crippen MR) is 106 cm³/mol. The molecule has 3 aliphatic heterocycles. The highest BCUT2D eigenvalue weighted by molar-refractivity contribution is 5.79. The molecule has 0 aromatic carbocycles. The van der Waals surface area contributed by atoms with Gasteiger partial charge < -0.3 is 14.5 Å². The van der Waals surface area contributed by atoms with E-state index in [1.807, 2.05) is 23.1 Å². The molecule has 3 aliphatic rings. The van der Waals surface area contributed by atoms with Gasteiger partial charge in [-0.1, -0.05) is 6.07 Å². The van der Waals surface area contributed by atoms with E-state index in [2.05, 4.69) is 9.88 Å². The van der Waals surface area contributed by atoms with Crippen molar-refractivity contribution in [2.45, 2.75) is 44.9 Å². The van der Waals surface area contributed by atoms with Crippen LogP contribution in [0.3, 0.4) is 0 Å². The number of likely N-dealkylation sites (tertiary alicyclic amines) is 2. The van der Waals surface area contributed by atoms with Gasteiger partial charge in [0.05, 0.1) is 6.42 Å². The maximum absolute atomic E-state index is 12.6. The summed E-state index contributed by atoms with van der Waals surface area (Å²) in [5.41, 5.74) is 1.03. The lowest BCUT2D eigenvalue weighted by molar-refractivity contribution is -0.143. The second kappa shape index (κ2) is 8.60. The van der Waals surface area contributed by atoms with E-state index in [-0.39, 0.29) is 11.3 Å². The van der Waals surface area contributed by atoms with Gasteiger partial charge in [-0.2, -0.15) is 0 Å². The number of amides is 2. The van der Waals surface area contributed by atoms with Gasteiger partial charge in [-0.05, 0) is 55.6 Å². The summed E-state index contributed by atoms with van der Waals surface area (Å²) >= 11 is 0. The van der Waals surface area contributed by atoms with Gasteiger partial charge in [0.1, 0.15) is 0 Å². The van der Waals surface area contributed by atoms with E-state index in [0.717, 1.165) is 77.2 Å². The van der Waals surface area contributed by atoms with Crippen molar-refractivity contribution in [2.75, 3.05) is 39.4 Å². The monoisotopic (exact) mass is 385 g/mol. The molecule has 1 aromatic heterocycles. The minimum Gasteiger partial charge on any atom is -0.381 e. The lowest BCUT2D eigenvalue weighted by atomic mass is 9.72. The number of carbonyl (C=O) groups is 2. The number of nitrogens with zero attached hydrogens (tertiary/aromatic N) is 3. The Morgan fingerprint density at radius 1 is 1.18 bits per heavy atom. The first-order chi connectivity index (χ1) is 13.6. The molecule has 2 amide bonds. The zero-order chi connectivity index (χ0) is 19.4. The molecule has 0 N–H and O–H groups in total. The number of ether oxygens (including phenoxy) is 1. The molecule has 0 aliphatic carbocycles. The van der Waals surface area contributed by atoms with Crippen LogP contribution in [0.4, 0.5) is 0 Å². The lowest BCUT2D eigenvalue weighted by Crippen LogP contribution is -2.53. The van der Waals surface area contributed by atoms with Crippen LogP contribution in [0.1, 0.15) is 44.2 Å². The molecule has 0 saturated carbocycles. The van der Waals surface area contributed by atoms with E-state index in [0.29, 0.717) is 24.7 Å². The fraction of sp³-hybridized carbons (Fsp3) is 0.682. The third kappa shape index (κ3) is 4.54. The molecule has 0 radical (unpaired) electrons. The largest absolute Gasteiger partial charge is 0.381 e. The standard InChI is InChI=1S/C22H31N3O3/c26-20-4-7-22(17-25(20)16-18-5-13-28-14-6-18)8-11-24(12-9-22)21(27)15-19-3-1-2-10-23-19/h1-3,10,18H,4-9,11-17H2. The van der Waals surface area contributed by atoms with Crippen LogP contribution in [-0.2, 0) is 20.7 Å². The highest BCUT2D eigenvalue weighted by Crippen LogP contribution is 2.40. The van der Waals surface area contributed by atoms with Gasteiger partial charge >= 0.3 is 0 Å². The van der Waals surface area contributed by atoms with Crippen molar-refractivity contribution >= 4 is 11.8 Å². The Labute approximate surface area is 167 Å². The predicted octanol–water partition coefficient (Wildman–Crippen LogP) is 2.28. The Morgan fingerprint density at radius 2 is 1.96 bits per heavy atom. The van der Waals surface area contributed by atoms with Gasteiger partial charge in [-0.3, -0.25) is 14.6 Å². The first-order valence-corrected chi connectivity index (χ1v) is 10.7. The first-order valence-electron chi connectivity index (χ1n) is 10.7. The molecule has 6 nitrogen and oxygen atoms in total. The van der Waals surface area contributed by atoms with Crippen LogP contribution in [0.2, 0.25) is 0 Å². The average Bonchev–Trinajstić information content (AvgIpc) is 2.73. The molecule has 0 bridgehead atoms. The first kappa shape index (κ1) is 19.4. The van der Waals surface area contributed by atoms with Crippen molar-refractivity contribution in [3.63, 3.8) is 0 Å². The number of hydrogen-bond acceptors (Lipinski definition) is 4. The molecule has 4 rings (SSSR count). The SMILES string of the molecule is O=C(Cc1ccccn1)N1CCC2(CCC(=O)N(CC3CCOCC3)C2)CC1. The van der Waals surface area contributed by atoms with Crippen molar-refractivity contribution in [1.82, 2.24) is 14.8 Å². The average molecular weight is 386 g/mol. The quantitative estimate of drug-likeness (QED) is 0.798. The van der Waals surface area contributed by atoms with E-state index in [4.69, 9.17) is 4.74 Å². The Kier molecular flexibility index (Phi) is 5.95. The van der Waals surface area contributed by atoms with Gasteiger partial charge in [-0.25, -0.2) is 0 Å². The van der Waals surface area contributed by atoms with Crippen LogP contribution >= 0.6 is 0 Å². The van der Waals surface area contributed by atoms with Crippen molar-refractivity contribution < 1.29 is 14.3 Å². The zero-order valence-corrected chi connectivity index (χ0v) is 16.6. The summed E-state index contributed by atoms with van der Waals surface area (Å²) in [4.78, 5) is 33.5. The summed E-state index contributed by atoms with van der Waals surface area (Å²) in [6, 6.07) is 5.70. The second-order valence-electron chi connectivity index (χ2n) is 8.71. The molecule has 0 unspecified atom stereocenters. The van der Waals surface area contributed by atoms with Crippen molar-refractivity contribution in [3.05, 3.63) is 30.1 Å². The van der Waals surface area contributed by atoms with E-state index in [1.165, 1.54) is 0 Å². The van der Waals surface area contributed by atoms with Gasteiger partial charge in [0.2, 0.25) is 11.8 Å². The van der Waals surface area contributed by atoms with Crippen LogP contribution in [-0.4, -0.2) is 66.0 Å². The van der Waals surface area contributed by atoms with Crippen LogP contribution in [0.5, 0.6) is 0 Å². The smallest absolute Gasteiger partial charge is 0.228 e. The van der Waals surface area contributed by atoms with Crippen molar-refractivity contribution in [1.29, 1.82) is 0 Å². The number of carbonyl (C=O) groups excluding carboxylic acids is 2. The minimum atomic E-state index is 0.166. The van der Waals surface area contributed by atoms with E-state index in [1.54, 1.807) is 6.20 Å². The fourth-order valence-electron chi connectivity index (χ4n) is 4.92.